The molecule has 2 amide bonds. The number of hydrogen-bond acceptors (Lipinski definition) is 4. The number of carbonyl (C=O) groups is 2. The molecule has 0 aliphatic rings. The van der Waals surface area contributed by atoms with Crippen LogP contribution in [0.4, 0.5) is 5.69 Å². The molecule has 192 valence electrons. The Hall–Kier alpha value is -2.87. The molecule has 7 nitrogen and oxygen atoms in total. The summed E-state index contributed by atoms with van der Waals surface area (Å²) in [5.41, 5.74) is 3.49. The van der Waals surface area contributed by atoms with Crippen molar-refractivity contribution in [2.75, 3.05) is 23.7 Å². The zero-order chi connectivity index (χ0) is 26.0. The van der Waals surface area contributed by atoms with Gasteiger partial charge in [-0.15, -0.1) is 0 Å². The number of rotatable bonds is 13. The summed E-state index contributed by atoms with van der Waals surface area (Å²) in [6.45, 7) is 8.80. The van der Waals surface area contributed by atoms with E-state index in [1.165, 1.54) is 10.6 Å². The number of nitrogens with zero attached hydrogens (tertiary/aromatic N) is 2. The molecule has 1 atom stereocenters. The maximum absolute atomic E-state index is 13.4. The van der Waals surface area contributed by atoms with Crippen LogP contribution in [0.5, 0.6) is 0 Å². The first-order chi connectivity index (χ1) is 16.6. The van der Waals surface area contributed by atoms with Gasteiger partial charge in [-0.3, -0.25) is 13.9 Å². The third kappa shape index (κ3) is 8.69. The van der Waals surface area contributed by atoms with Gasteiger partial charge in [0.05, 0.1) is 11.9 Å². The topological polar surface area (TPSA) is 86.8 Å². The Morgan fingerprint density at radius 2 is 1.63 bits per heavy atom. The van der Waals surface area contributed by atoms with Crippen molar-refractivity contribution in [3.63, 3.8) is 0 Å². The molecule has 0 aliphatic heterocycles. The molecule has 0 fully saturated rings. The molecule has 0 saturated heterocycles. The van der Waals surface area contributed by atoms with E-state index in [1.54, 1.807) is 4.90 Å². The monoisotopic (exact) mass is 501 g/mol. The molecule has 35 heavy (non-hydrogen) atoms. The van der Waals surface area contributed by atoms with Crippen LogP contribution in [0.3, 0.4) is 0 Å². The number of benzene rings is 2. The number of carbonyl (C=O) groups excluding carboxylic acids is 2. The van der Waals surface area contributed by atoms with Crippen LogP contribution < -0.4 is 9.62 Å². The molecule has 0 radical (unpaired) electrons. The second kappa shape index (κ2) is 13.3. The van der Waals surface area contributed by atoms with Gasteiger partial charge in [0.1, 0.15) is 6.04 Å². The molecule has 8 heteroatoms. The van der Waals surface area contributed by atoms with Gasteiger partial charge in [0.25, 0.3) is 0 Å². The summed E-state index contributed by atoms with van der Waals surface area (Å²) < 4.78 is 26.4. The first-order valence-corrected chi connectivity index (χ1v) is 14.1. The fourth-order valence-corrected chi connectivity index (χ4v) is 5.11. The van der Waals surface area contributed by atoms with Crippen LogP contribution in [0.15, 0.2) is 48.5 Å². The van der Waals surface area contributed by atoms with E-state index in [4.69, 9.17) is 0 Å². The van der Waals surface area contributed by atoms with Crippen LogP contribution in [0.2, 0.25) is 0 Å². The Balaban J connectivity index is 2.20. The number of nitrogens with one attached hydrogen (secondary N) is 1. The third-order valence-electron chi connectivity index (χ3n) is 5.78. The van der Waals surface area contributed by atoms with Crippen LogP contribution in [0, 0.1) is 13.8 Å². The number of amides is 2. The lowest BCUT2D eigenvalue weighted by Crippen LogP contribution is -2.49. The molecular weight excluding hydrogens is 462 g/mol. The Labute approximate surface area is 210 Å². The second-order valence-electron chi connectivity index (χ2n) is 9.01. The van der Waals surface area contributed by atoms with Crippen molar-refractivity contribution in [3.05, 3.63) is 65.2 Å². The average molecular weight is 502 g/mol. The molecule has 0 unspecified atom stereocenters. The Bertz CT molecular complexity index is 1070. The van der Waals surface area contributed by atoms with Crippen molar-refractivity contribution in [1.82, 2.24) is 10.2 Å². The van der Waals surface area contributed by atoms with Crippen molar-refractivity contribution in [2.24, 2.45) is 0 Å². The third-order valence-corrected chi connectivity index (χ3v) is 6.97. The quantitative estimate of drug-likeness (QED) is 0.446. The van der Waals surface area contributed by atoms with Crippen LogP contribution in [0.25, 0.3) is 0 Å². The Morgan fingerprint density at radius 1 is 1.00 bits per heavy atom. The summed E-state index contributed by atoms with van der Waals surface area (Å²) in [4.78, 5) is 27.8. The number of hydrogen-bond donors (Lipinski definition) is 1. The van der Waals surface area contributed by atoms with Gasteiger partial charge in [-0.05, 0) is 61.9 Å². The highest BCUT2D eigenvalue weighted by atomic mass is 32.2. The molecular formula is C27H39N3O4S. The minimum atomic E-state index is -3.52. The first-order valence-electron chi connectivity index (χ1n) is 12.2. The van der Waals surface area contributed by atoms with Crippen LogP contribution in [0.1, 0.15) is 56.2 Å². The molecule has 2 rings (SSSR count). The van der Waals surface area contributed by atoms with Crippen LogP contribution >= 0.6 is 0 Å². The van der Waals surface area contributed by atoms with E-state index in [0.29, 0.717) is 31.6 Å². The normalized spacial score (nSPS) is 12.1. The smallest absolute Gasteiger partial charge is 0.242 e. The van der Waals surface area contributed by atoms with E-state index in [9.17, 15) is 18.0 Å². The summed E-state index contributed by atoms with van der Waals surface area (Å²) in [7, 11) is -3.52. The number of anilines is 1. The Kier molecular flexibility index (Phi) is 10.8. The van der Waals surface area contributed by atoms with Gasteiger partial charge in [0.15, 0.2) is 0 Å². The Morgan fingerprint density at radius 3 is 2.17 bits per heavy atom. The van der Waals surface area contributed by atoms with E-state index in [1.807, 2.05) is 76.2 Å². The predicted octanol–water partition coefficient (Wildman–Crippen LogP) is 4.18. The number of sulfonamides is 1. The van der Waals surface area contributed by atoms with Crippen molar-refractivity contribution in [1.29, 1.82) is 0 Å². The van der Waals surface area contributed by atoms with Crippen molar-refractivity contribution in [3.8, 4) is 0 Å². The van der Waals surface area contributed by atoms with E-state index < -0.39 is 16.1 Å². The minimum Gasteiger partial charge on any atom is -0.354 e. The van der Waals surface area contributed by atoms with Crippen LogP contribution in [-0.4, -0.2) is 50.5 Å². The van der Waals surface area contributed by atoms with Gasteiger partial charge >= 0.3 is 0 Å². The molecule has 1 N–H and O–H groups in total. The first kappa shape index (κ1) is 28.4. The SMILES string of the molecule is CCCNC(=O)[C@H](CC)N(Cc1ccccc1)C(=O)CCCN(c1cc(C)cc(C)c1)S(C)(=O)=O. The van der Waals surface area contributed by atoms with E-state index in [0.717, 1.165) is 23.1 Å². The standard InChI is InChI=1S/C27H39N3O4S/c1-6-15-28-27(32)25(7-2)29(20-23-12-9-8-10-13-23)26(31)14-11-16-30(35(5,33)34)24-18-21(3)17-22(4)19-24/h8-10,12-13,17-19,25H,6-7,11,14-16,20H2,1-5H3,(H,28,32)/t25-/m0/s1. The van der Waals surface area contributed by atoms with Gasteiger partial charge in [-0.25, -0.2) is 8.42 Å². The largest absolute Gasteiger partial charge is 0.354 e. The van der Waals surface area contributed by atoms with Gasteiger partial charge in [-0.2, -0.15) is 0 Å². The zero-order valence-electron chi connectivity index (χ0n) is 21.6. The van der Waals surface area contributed by atoms with Crippen molar-refractivity contribution < 1.29 is 18.0 Å². The summed E-state index contributed by atoms with van der Waals surface area (Å²) in [5, 5.41) is 2.91. The number of aryl methyl sites for hydroxylation is 2. The molecule has 0 heterocycles. The van der Waals surface area contributed by atoms with Gasteiger partial charge < -0.3 is 10.2 Å². The lowest BCUT2D eigenvalue weighted by molar-refractivity contribution is -0.141. The molecule has 0 bridgehead atoms. The molecule has 0 saturated carbocycles. The molecule has 2 aromatic rings. The minimum absolute atomic E-state index is 0.140. The van der Waals surface area contributed by atoms with Crippen molar-refractivity contribution >= 4 is 27.5 Å². The molecule has 0 aliphatic carbocycles. The summed E-state index contributed by atoms with van der Waals surface area (Å²) >= 11 is 0. The predicted molar refractivity (Wildman–Crippen MR) is 142 cm³/mol. The maximum atomic E-state index is 13.4. The fraction of sp³-hybridized carbons (Fsp3) is 0.481. The average Bonchev–Trinajstić information content (AvgIpc) is 2.79. The van der Waals surface area contributed by atoms with E-state index >= 15 is 0 Å². The maximum Gasteiger partial charge on any atom is 0.242 e. The highest BCUT2D eigenvalue weighted by molar-refractivity contribution is 7.92. The van der Waals surface area contributed by atoms with Gasteiger partial charge in [-0.1, -0.05) is 50.2 Å². The highest BCUT2D eigenvalue weighted by Gasteiger charge is 2.28. The molecule has 0 aromatic heterocycles. The summed E-state index contributed by atoms with van der Waals surface area (Å²) in [6, 6.07) is 14.7. The van der Waals surface area contributed by atoms with Crippen LogP contribution in [-0.2, 0) is 26.2 Å². The van der Waals surface area contributed by atoms with Crippen molar-refractivity contribution in [2.45, 2.75) is 66.0 Å². The lowest BCUT2D eigenvalue weighted by atomic mass is 10.1. The van der Waals surface area contributed by atoms with Gasteiger partial charge in [0.2, 0.25) is 21.8 Å². The second-order valence-corrected chi connectivity index (χ2v) is 10.9. The van der Waals surface area contributed by atoms with E-state index in [-0.39, 0.29) is 24.8 Å². The summed E-state index contributed by atoms with van der Waals surface area (Å²) in [6.07, 6.45) is 2.97. The zero-order valence-corrected chi connectivity index (χ0v) is 22.4. The molecule has 2 aromatic carbocycles. The fourth-order valence-electron chi connectivity index (χ4n) is 4.16. The summed E-state index contributed by atoms with van der Waals surface area (Å²) in [5.74, 6) is -0.326. The highest BCUT2D eigenvalue weighted by Crippen LogP contribution is 2.22. The molecule has 0 spiro atoms. The lowest BCUT2D eigenvalue weighted by Gasteiger charge is -2.31. The van der Waals surface area contributed by atoms with E-state index in [2.05, 4.69) is 5.32 Å². The van der Waals surface area contributed by atoms with Gasteiger partial charge in [0, 0.05) is 26.1 Å².